The van der Waals surface area contributed by atoms with Gasteiger partial charge >= 0.3 is 12.0 Å². The molecule has 0 bridgehead atoms. The minimum atomic E-state index is -3.40. The highest BCUT2D eigenvalue weighted by atomic mass is 32.2. The van der Waals surface area contributed by atoms with Crippen LogP contribution in [0.1, 0.15) is 15.9 Å². The van der Waals surface area contributed by atoms with Gasteiger partial charge in [0.15, 0.2) is 0 Å². The monoisotopic (exact) mass is 471 g/mol. The van der Waals surface area contributed by atoms with E-state index < -0.39 is 22.0 Å². The molecule has 31 heavy (non-hydrogen) atoms. The average Bonchev–Trinajstić information content (AvgIpc) is 2.74. The first-order chi connectivity index (χ1) is 14.6. The summed E-state index contributed by atoms with van der Waals surface area (Å²) < 4.78 is 42.2. The lowest BCUT2D eigenvalue weighted by molar-refractivity contribution is 0.0596. The van der Waals surface area contributed by atoms with Crippen LogP contribution in [0.5, 0.6) is 11.8 Å². The number of sulfonamides is 1. The van der Waals surface area contributed by atoms with E-state index in [1.54, 1.807) is 12.1 Å². The molecule has 2 amide bonds. The van der Waals surface area contributed by atoms with Crippen LogP contribution in [0.2, 0.25) is 0 Å². The van der Waals surface area contributed by atoms with Crippen molar-refractivity contribution in [1.29, 1.82) is 0 Å². The number of aromatic nitrogens is 2. The Bertz CT molecular complexity index is 1040. The number of rotatable bonds is 9. The second kappa shape index (κ2) is 10.8. The molecular weight excluding hydrogens is 450 g/mol. The lowest BCUT2D eigenvalue weighted by Crippen LogP contribution is -2.24. The van der Waals surface area contributed by atoms with E-state index in [0.29, 0.717) is 10.5 Å². The molecule has 0 saturated heterocycles. The third-order valence-electron chi connectivity index (χ3n) is 3.57. The molecule has 12 nitrogen and oxygen atoms in total. The standard InChI is InChI=1S/C17H21N5O7S2/c1-27-13-8-14(28-2)20-16(19-13)21-17(24)22-30-12-7-10(9-18-31(4,25)26)5-6-11(12)15(23)29-3/h5-8,18H,9H2,1-4H3,(H2,19,20,21,22,24). The van der Waals surface area contributed by atoms with Gasteiger partial charge in [-0.25, -0.2) is 22.7 Å². The van der Waals surface area contributed by atoms with Gasteiger partial charge in [-0.3, -0.25) is 10.0 Å². The van der Waals surface area contributed by atoms with Gasteiger partial charge in [0.2, 0.25) is 27.7 Å². The third kappa shape index (κ3) is 7.58. The summed E-state index contributed by atoms with van der Waals surface area (Å²) in [6, 6.07) is 5.36. The molecular formula is C17H21N5O7S2. The number of methoxy groups -OCH3 is 3. The van der Waals surface area contributed by atoms with E-state index in [1.165, 1.54) is 33.5 Å². The number of carbonyl (C=O) groups is 2. The summed E-state index contributed by atoms with van der Waals surface area (Å²) in [6.45, 7) is 0.0114. The van der Waals surface area contributed by atoms with Crippen LogP contribution in [0.3, 0.4) is 0 Å². The summed E-state index contributed by atoms with van der Waals surface area (Å²) in [5.74, 6) is -0.301. The molecule has 0 atom stereocenters. The van der Waals surface area contributed by atoms with E-state index in [9.17, 15) is 18.0 Å². The maximum atomic E-state index is 12.3. The minimum Gasteiger partial charge on any atom is -0.481 e. The molecule has 14 heteroatoms. The Kier molecular flexibility index (Phi) is 8.41. The lowest BCUT2D eigenvalue weighted by Gasteiger charge is -2.12. The van der Waals surface area contributed by atoms with Crippen LogP contribution >= 0.6 is 11.9 Å². The number of amides is 2. The first-order valence-corrected chi connectivity index (χ1v) is 11.2. The molecule has 0 radical (unpaired) electrons. The van der Waals surface area contributed by atoms with Gasteiger partial charge in [-0.1, -0.05) is 6.07 Å². The molecule has 0 aliphatic heterocycles. The van der Waals surface area contributed by atoms with Gasteiger partial charge in [0.25, 0.3) is 0 Å². The molecule has 0 spiro atoms. The Morgan fingerprint density at radius 2 is 1.71 bits per heavy atom. The van der Waals surface area contributed by atoms with E-state index in [4.69, 9.17) is 14.2 Å². The fraction of sp³-hybridized carbons (Fsp3) is 0.294. The van der Waals surface area contributed by atoms with Gasteiger partial charge in [0.1, 0.15) is 0 Å². The summed E-state index contributed by atoms with van der Waals surface area (Å²) in [7, 11) is 0.633. The summed E-state index contributed by atoms with van der Waals surface area (Å²) in [5, 5.41) is 2.42. The molecule has 1 aromatic carbocycles. The van der Waals surface area contributed by atoms with Gasteiger partial charge < -0.3 is 14.2 Å². The fourth-order valence-corrected chi connectivity index (χ4v) is 3.31. The number of nitrogens with zero attached hydrogens (tertiary/aromatic N) is 2. The second-order valence-corrected chi connectivity index (χ2v) is 8.53. The molecule has 2 aromatic rings. The topological polar surface area (TPSA) is 158 Å². The van der Waals surface area contributed by atoms with Crippen molar-refractivity contribution in [2.45, 2.75) is 11.4 Å². The molecule has 0 unspecified atom stereocenters. The smallest absolute Gasteiger partial charge is 0.339 e. The number of nitrogens with one attached hydrogen (secondary N) is 3. The molecule has 0 aliphatic rings. The fourth-order valence-electron chi connectivity index (χ4n) is 2.15. The Morgan fingerprint density at radius 1 is 1.06 bits per heavy atom. The van der Waals surface area contributed by atoms with Crippen LogP contribution in [-0.4, -0.2) is 58.0 Å². The third-order valence-corrected chi connectivity index (χ3v) is 5.08. The summed E-state index contributed by atoms with van der Waals surface area (Å²) in [5.41, 5.74) is 0.763. The van der Waals surface area contributed by atoms with Crippen molar-refractivity contribution in [3.63, 3.8) is 0 Å². The number of carbonyl (C=O) groups excluding carboxylic acids is 2. The van der Waals surface area contributed by atoms with Crippen molar-refractivity contribution >= 4 is 39.9 Å². The summed E-state index contributed by atoms with van der Waals surface area (Å²) in [6.07, 6.45) is 1.03. The van der Waals surface area contributed by atoms with Crippen LogP contribution in [0, 0.1) is 0 Å². The molecule has 1 heterocycles. The largest absolute Gasteiger partial charge is 0.481 e. The minimum absolute atomic E-state index is 0.0114. The quantitative estimate of drug-likeness (QED) is 0.358. The molecule has 168 valence electrons. The summed E-state index contributed by atoms with van der Waals surface area (Å²) >= 11 is 0.827. The molecule has 0 fully saturated rings. The Morgan fingerprint density at radius 3 is 2.26 bits per heavy atom. The van der Waals surface area contributed by atoms with E-state index in [1.807, 2.05) is 0 Å². The summed E-state index contributed by atoms with van der Waals surface area (Å²) in [4.78, 5) is 32.6. The zero-order valence-corrected chi connectivity index (χ0v) is 18.7. The predicted octanol–water partition coefficient (Wildman–Crippen LogP) is 1.16. The Balaban J connectivity index is 2.14. The average molecular weight is 472 g/mol. The number of anilines is 1. The van der Waals surface area contributed by atoms with Crippen molar-refractivity contribution in [3.05, 3.63) is 35.4 Å². The van der Waals surface area contributed by atoms with E-state index in [0.717, 1.165) is 18.2 Å². The van der Waals surface area contributed by atoms with Crippen molar-refractivity contribution < 1.29 is 32.2 Å². The first kappa shape index (κ1) is 24.2. The van der Waals surface area contributed by atoms with Gasteiger partial charge in [0, 0.05) is 11.4 Å². The van der Waals surface area contributed by atoms with Crippen LogP contribution in [-0.2, 0) is 21.3 Å². The number of urea groups is 1. The van der Waals surface area contributed by atoms with Gasteiger partial charge in [0.05, 0.1) is 39.2 Å². The molecule has 0 aliphatic carbocycles. The number of ether oxygens (including phenoxy) is 3. The zero-order valence-electron chi connectivity index (χ0n) is 17.1. The maximum Gasteiger partial charge on any atom is 0.339 e. The van der Waals surface area contributed by atoms with Crippen LogP contribution < -0.4 is 24.2 Å². The Labute approximate surface area is 183 Å². The van der Waals surface area contributed by atoms with Crippen LogP contribution in [0.25, 0.3) is 0 Å². The van der Waals surface area contributed by atoms with Gasteiger partial charge in [-0.2, -0.15) is 9.97 Å². The predicted molar refractivity (Wildman–Crippen MR) is 113 cm³/mol. The van der Waals surface area contributed by atoms with Gasteiger partial charge in [-0.05, 0) is 29.6 Å². The van der Waals surface area contributed by atoms with Gasteiger partial charge in [-0.15, -0.1) is 0 Å². The maximum absolute atomic E-state index is 12.3. The first-order valence-electron chi connectivity index (χ1n) is 8.52. The number of esters is 1. The van der Waals surface area contributed by atoms with E-state index in [2.05, 4.69) is 24.7 Å². The number of benzene rings is 1. The van der Waals surface area contributed by atoms with Crippen molar-refractivity contribution in [2.75, 3.05) is 32.9 Å². The van der Waals surface area contributed by atoms with E-state index in [-0.39, 0.29) is 29.8 Å². The van der Waals surface area contributed by atoms with E-state index >= 15 is 0 Å². The highest BCUT2D eigenvalue weighted by Gasteiger charge is 2.16. The molecule has 3 N–H and O–H groups in total. The highest BCUT2D eigenvalue weighted by Crippen LogP contribution is 2.23. The highest BCUT2D eigenvalue weighted by molar-refractivity contribution is 7.98. The normalized spacial score (nSPS) is 10.8. The molecule has 0 saturated carbocycles. The van der Waals surface area contributed by atoms with Crippen LogP contribution in [0.15, 0.2) is 29.2 Å². The van der Waals surface area contributed by atoms with Crippen molar-refractivity contribution in [3.8, 4) is 11.8 Å². The van der Waals surface area contributed by atoms with Crippen molar-refractivity contribution in [1.82, 2.24) is 19.4 Å². The second-order valence-electron chi connectivity index (χ2n) is 5.85. The molecule has 2 rings (SSSR count). The van der Waals surface area contributed by atoms with Crippen LogP contribution in [0.4, 0.5) is 10.7 Å². The SMILES string of the molecule is COC(=O)c1ccc(CNS(C)(=O)=O)cc1SNC(=O)Nc1nc(OC)cc(OC)n1. The zero-order chi connectivity index (χ0) is 23.0. The molecule has 1 aromatic heterocycles. The van der Waals surface area contributed by atoms with Crippen molar-refractivity contribution in [2.24, 2.45) is 0 Å². The number of hydrogen-bond acceptors (Lipinski definition) is 10. The number of hydrogen-bond donors (Lipinski definition) is 3. The lowest BCUT2D eigenvalue weighted by atomic mass is 10.1. The Hall–Kier alpha value is -3.10.